The SMILES string of the molecule is CCN(CC(=O)Nc1ccc(S(N)(=O)=O)cc1)S(=O)(=O)c1cc(F)ccc1OC. The predicted molar refractivity (Wildman–Crippen MR) is 104 cm³/mol. The van der Waals surface area contributed by atoms with Crippen LogP contribution in [-0.4, -0.2) is 47.2 Å². The van der Waals surface area contributed by atoms with Gasteiger partial charge in [0.2, 0.25) is 26.0 Å². The zero-order chi connectivity index (χ0) is 21.8. The number of halogens is 1. The van der Waals surface area contributed by atoms with Crippen LogP contribution in [0.15, 0.2) is 52.3 Å². The van der Waals surface area contributed by atoms with E-state index in [9.17, 15) is 26.0 Å². The van der Waals surface area contributed by atoms with Crippen molar-refractivity contribution in [3.63, 3.8) is 0 Å². The number of rotatable bonds is 8. The second-order valence-corrected chi connectivity index (χ2v) is 9.31. The van der Waals surface area contributed by atoms with Crippen LogP contribution in [0.4, 0.5) is 10.1 Å². The number of amides is 1. The Kier molecular flexibility index (Phi) is 6.95. The molecule has 0 unspecified atom stereocenters. The number of nitrogens with one attached hydrogen (secondary N) is 1. The Balaban J connectivity index is 2.20. The molecule has 0 aliphatic rings. The molecule has 158 valence electrons. The number of hydrogen-bond acceptors (Lipinski definition) is 6. The summed E-state index contributed by atoms with van der Waals surface area (Å²) in [4.78, 5) is 11.8. The molecule has 2 rings (SSSR count). The molecule has 2 aromatic carbocycles. The largest absolute Gasteiger partial charge is 0.495 e. The molecule has 0 bridgehead atoms. The van der Waals surface area contributed by atoms with Crippen molar-refractivity contribution in [1.29, 1.82) is 0 Å². The monoisotopic (exact) mass is 445 g/mol. The van der Waals surface area contributed by atoms with E-state index in [0.29, 0.717) is 0 Å². The number of sulfonamides is 2. The van der Waals surface area contributed by atoms with Gasteiger partial charge >= 0.3 is 0 Å². The van der Waals surface area contributed by atoms with Crippen molar-refractivity contribution < 1.29 is 30.8 Å². The highest BCUT2D eigenvalue weighted by atomic mass is 32.2. The van der Waals surface area contributed by atoms with Crippen molar-refractivity contribution >= 4 is 31.6 Å². The summed E-state index contributed by atoms with van der Waals surface area (Å²) in [5, 5.41) is 7.47. The first kappa shape index (κ1) is 22.7. The molecule has 29 heavy (non-hydrogen) atoms. The third-order valence-corrected chi connectivity index (χ3v) is 6.75. The van der Waals surface area contributed by atoms with E-state index in [1.54, 1.807) is 0 Å². The number of nitrogens with zero attached hydrogens (tertiary/aromatic N) is 1. The number of hydrogen-bond donors (Lipinski definition) is 2. The van der Waals surface area contributed by atoms with Gasteiger partial charge in [0.05, 0.1) is 18.6 Å². The maximum Gasteiger partial charge on any atom is 0.247 e. The van der Waals surface area contributed by atoms with Gasteiger partial charge in [0.15, 0.2) is 0 Å². The van der Waals surface area contributed by atoms with Crippen LogP contribution in [0.1, 0.15) is 6.92 Å². The van der Waals surface area contributed by atoms with Gasteiger partial charge in [-0.25, -0.2) is 26.4 Å². The molecule has 2 aromatic rings. The molecule has 9 nitrogen and oxygen atoms in total. The normalized spacial score (nSPS) is 12.0. The standard InChI is InChI=1S/C17H20FN3O6S2/c1-3-21(29(25,26)16-10-12(18)4-9-15(16)27-2)11-17(22)20-13-5-7-14(8-6-13)28(19,23)24/h4-10H,3,11H2,1-2H3,(H,20,22)(H2,19,23,24). The van der Waals surface area contributed by atoms with Crippen LogP contribution in [0.5, 0.6) is 5.75 Å². The Hall–Kier alpha value is -2.54. The van der Waals surface area contributed by atoms with Gasteiger partial charge in [-0.15, -0.1) is 0 Å². The van der Waals surface area contributed by atoms with Crippen LogP contribution in [0.2, 0.25) is 0 Å². The van der Waals surface area contributed by atoms with Gasteiger partial charge in [0.25, 0.3) is 0 Å². The highest BCUT2D eigenvalue weighted by molar-refractivity contribution is 7.89. The molecule has 3 N–H and O–H groups in total. The molecule has 0 heterocycles. The van der Waals surface area contributed by atoms with Crippen LogP contribution in [-0.2, 0) is 24.8 Å². The summed E-state index contributed by atoms with van der Waals surface area (Å²) < 4.78 is 67.6. The van der Waals surface area contributed by atoms with Crippen molar-refractivity contribution in [2.75, 3.05) is 25.5 Å². The Morgan fingerprint density at radius 1 is 1.14 bits per heavy atom. The number of ether oxygens (including phenoxy) is 1. The van der Waals surface area contributed by atoms with Gasteiger partial charge in [0, 0.05) is 12.2 Å². The Bertz CT molecular complexity index is 1100. The van der Waals surface area contributed by atoms with Crippen molar-refractivity contribution in [3.05, 3.63) is 48.3 Å². The minimum atomic E-state index is -4.22. The average molecular weight is 445 g/mol. The summed E-state index contributed by atoms with van der Waals surface area (Å²) in [5.74, 6) is -1.49. The lowest BCUT2D eigenvalue weighted by Crippen LogP contribution is -2.38. The molecule has 0 aromatic heterocycles. The summed E-state index contributed by atoms with van der Waals surface area (Å²) in [6, 6.07) is 8.11. The van der Waals surface area contributed by atoms with E-state index in [-0.39, 0.29) is 22.9 Å². The molecule has 0 aliphatic carbocycles. The first-order valence-electron chi connectivity index (χ1n) is 8.25. The van der Waals surface area contributed by atoms with Crippen LogP contribution >= 0.6 is 0 Å². The molecule has 0 fully saturated rings. The van der Waals surface area contributed by atoms with E-state index in [0.717, 1.165) is 16.4 Å². The summed E-state index contributed by atoms with van der Waals surface area (Å²) in [7, 11) is -6.84. The average Bonchev–Trinajstić information content (AvgIpc) is 2.65. The number of anilines is 1. The lowest BCUT2D eigenvalue weighted by atomic mass is 10.3. The summed E-state index contributed by atoms with van der Waals surface area (Å²) in [6.45, 7) is 0.923. The first-order valence-corrected chi connectivity index (χ1v) is 11.2. The highest BCUT2D eigenvalue weighted by Crippen LogP contribution is 2.27. The molecule has 0 saturated carbocycles. The minimum absolute atomic E-state index is 0.0520. The Morgan fingerprint density at radius 3 is 2.28 bits per heavy atom. The van der Waals surface area contributed by atoms with Crippen molar-refractivity contribution in [2.24, 2.45) is 5.14 Å². The third-order valence-electron chi connectivity index (χ3n) is 3.88. The predicted octanol–water partition coefficient (Wildman–Crippen LogP) is 1.13. The topological polar surface area (TPSA) is 136 Å². The van der Waals surface area contributed by atoms with E-state index in [1.165, 1.54) is 44.4 Å². The maximum absolute atomic E-state index is 13.6. The molecule has 1 amide bonds. The van der Waals surface area contributed by atoms with Crippen LogP contribution in [0, 0.1) is 5.82 Å². The Labute approximate surface area is 168 Å². The molecule has 0 atom stereocenters. The first-order chi connectivity index (χ1) is 13.5. The quantitative estimate of drug-likeness (QED) is 0.625. The van der Waals surface area contributed by atoms with Gasteiger partial charge < -0.3 is 10.1 Å². The van der Waals surface area contributed by atoms with Gasteiger partial charge in [-0.3, -0.25) is 4.79 Å². The Morgan fingerprint density at radius 2 is 1.76 bits per heavy atom. The molecule has 0 radical (unpaired) electrons. The van der Waals surface area contributed by atoms with E-state index < -0.39 is 43.2 Å². The summed E-state index contributed by atoms with van der Waals surface area (Å²) in [6.07, 6.45) is 0. The molecular formula is C17H20FN3O6S2. The molecule has 0 aliphatic heterocycles. The minimum Gasteiger partial charge on any atom is -0.495 e. The number of methoxy groups -OCH3 is 1. The zero-order valence-electron chi connectivity index (χ0n) is 15.6. The lowest BCUT2D eigenvalue weighted by Gasteiger charge is -2.21. The third kappa shape index (κ3) is 5.50. The van der Waals surface area contributed by atoms with Crippen LogP contribution < -0.4 is 15.2 Å². The van der Waals surface area contributed by atoms with E-state index in [2.05, 4.69) is 5.32 Å². The number of likely N-dealkylation sites (N-methyl/N-ethyl adjacent to an activating group) is 1. The van der Waals surface area contributed by atoms with E-state index >= 15 is 0 Å². The molecule has 0 saturated heterocycles. The van der Waals surface area contributed by atoms with Crippen LogP contribution in [0.25, 0.3) is 0 Å². The highest BCUT2D eigenvalue weighted by Gasteiger charge is 2.29. The lowest BCUT2D eigenvalue weighted by molar-refractivity contribution is -0.116. The smallest absolute Gasteiger partial charge is 0.247 e. The van der Waals surface area contributed by atoms with Gasteiger partial charge in [0.1, 0.15) is 16.5 Å². The second-order valence-electron chi connectivity index (χ2n) is 5.84. The van der Waals surface area contributed by atoms with Crippen molar-refractivity contribution in [1.82, 2.24) is 4.31 Å². The van der Waals surface area contributed by atoms with Crippen molar-refractivity contribution in [2.45, 2.75) is 16.7 Å². The number of carbonyl (C=O) groups is 1. The number of carbonyl (C=O) groups excluding carboxylic acids is 1. The maximum atomic E-state index is 13.6. The fourth-order valence-corrected chi connectivity index (χ4v) is 4.53. The zero-order valence-corrected chi connectivity index (χ0v) is 17.3. The van der Waals surface area contributed by atoms with E-state index in [4.69, 9.17) is 9.88 Å². The number of benzene rings is 2. The second kappa shape index (κ2) is 8.86. The molecule has 12 heteroatoms. The van der Waals surface area contributed by atoms with Gasteiger partial charge in [-0.2, -0.15) is 4.31 Å². The van der Waals surface area contributed by atoms with Crippen molar-refractivity contribution in [3.8, 4) is 5.75 Å². The van der Waals surface area contributed by atoms with E-state index in [1.807, 2.05) is 0 Å². The summed E-state index contributed by atoms with van der Waals surface area (Å²) in [5.41, 5.74) is 0.249. The fraction of sp³-hybridized carbons (Fsp3) is 0.235. The number of primary sulfonamides is 1. The molecular weight excluding hydrogens is 425 g/mol. The van der Waals surface area contributed by atoms with Gasteiger partial charge in [-0.1, -0.05) is 6.92 Å². The number of nitrogens with two attached hydrogens (primary N) is 1. The van der Waals surface area contributed by atoms with Crippen LogP contribution in [0.3, 0.4) is 0 Å². The van der Waals surface area contributed by atoms with Gasteiger partial charge in [-0.05, 0) is 42.5 Å². The molecule has 0 spiro atoms. The fourth-order valence-electron chi connectivity index (χ4n) is 2.45. The summed E-state index contributed by atoms with van der Waals surface area (Å²) >= 11 is 0.